The summed E-state index contributed by atoms with van der Waals surface area (Å²) in [5, 5.41) is 0.451. The quantitative estimate of drug-likeness (QED) is 0.876. The van der Waals surface area contributed by atoms with Crippen LogP contribution >= 0.6 is 11.6 Å². The highest BCUT2D eigenvalue weighted by atomic mass is 35.5. The van der Waals surface area contributed by atoms with Gasteiger partial charge in [0.05, 0.1) is 16.4 Å². The third-order valence-electron chi connectivity index (χ3n) is 5.56. The van der Waals surface area contributed by atoms with Crippen LogP contribution in [0, 0.1) is 18.8 Å². The second-order valence-electron chi connectivity index (χ2n) is 8.36. The van der Waals surface area contributed by atoms with E-state index < -0.39 is 0 Å². The zero-order valence-corrected chi connectivity index (χ0v) is 16.8. The molecule has 2 N–H and O–H groups in total. The molecule has 0 aromatic carbocycles. The summed E-state index contributed by atoms with van der Waals surface area (Å²) >= 11 is 6.42. The largest absolute Gasteiger partial charge is 0.368 e. The van der Waals surface area contributed by atoms with Crippen LogP contribution in [-0.2, 0) is 6.54 Å². The molecule has 1 fully saturated rings. The van der Waals surface area contributed by atoms with Crippen LogP contribution in [0.1, 0.15) is 37.6 Å². The second kappa shape index (κ2) is 6.91. The molecule has 0 aliphatic carbocycles. The van der Waals surface area contributed by atoms with Crippen LogP contribution in [0.3, 0.4) is 0 Å². The predicted octanol–water partition coefficient (Wildman–Crippen LogP) is 2.92. The van der Waals surface area contributed by atoms with E-state index in [1.807, 2.05) is 4.57 Å². The summed E-state index contributed by atoms with van der Waals surface area (Å²) in [6.07, 6.45) is 1.14. The van der Waals surface area contributed by atoms with Crippen molar-refractivity contribution in [3.63, 3.8) is 0 Å². The molecular weight excluding hydrogens is 362 g/mol. The van der Waals surface area contributed by atoms with Crippen LogP contribution in [0.2, 0.25) is 5.02 Å². The summed E-state index contributed by atoms with van der Waals surface area (Å²) in [5.41, 5.74) is 8.81. The van der Waals surface area contributed by atoms with Gasteiger partial charge in [-0.1, -0.05) is 25.4 Å². The molecule has 4 heterocycles. The van der Waals surface area contributed by atoms with Crippen LogP contribution < -0.4 is 11.3 Å². The van der Waals surface area contributed by atoms with E-state index in [0.717, 1.165) is 43.9 Å². The molecule has 2 aromatic rings. The third kappa shape index (κ3) is 3.48. The first-order valence-electron chi connectivity index (χ1n) is 9.59. The van der Waals surface area contributed by atoms with Gasteiger partial charge in [-0.05, 0) is 31.2 Å². The number of fused-ring (bicyclic) bond motifs is 4. The van der Waals surface area contributed by atoms with Gasteiger partial charge < -0.3 is 15.2 Å². The predicted molar refractivity (Wildman–Crippen MR) is 108 cm³/mol. The van der Waals surface area contributed by atoms with Gasteiger partial charge >= 0.3 is 0 Å². The number of halogens is 1. The minimum absolute atomic E-state index is 0.0143. The Hall–Kier alpha value is -1.92. The average Bonchev–Trinajstić information content (AvgIpc) is 2.58. The Labute approximate surface area is 164 Å². The number of hydrogen-bond acceptors (Lipinski definition) is 5. The molecule has 7 heteroatoms. The number of nitrogens with two attached hydrogens (primary N) is 1. The Morgan fingerprint density at radius 3 is 2.78 bits per heavy atom. The van der Waals surface area contributed by atoms with E-state index >= 15 is 0 Å². The zero-order chi connectivity index (χ0) is 19.3. The van der Waals surface area contributed by atoms with Crippen molar-refractivity contribution in [2.75, 3.05) is 25.4 Å². The number of nitrogens with zero attached hydrogens (tertiary/aromatic N) is 4. The van der Waals surface area contributed by atoms with E-state index in [4.69, 9.17) is 17.3 Å². The molecule has 6 nitrogen and oxygen atoms in total. The number of anilines is 1. The van der Waals surface area contributed by atoms with E-state index in [0.29, 0.717) is 34.2 Å². The van der Waals surface area contributed by atoms with E-state index in [1.54, 1.807) is 13.0 Å². The molecular formula is C20H26ClN5O. The molecule has 0 unspecified atom stereocenters. The first kappa shape index (κ1) is 18.4. The highest BCUT2D eigenvalue weighted by Crippen LogP contribution is 2.37. The van der Waals surface area contributed by atoms with Crippen molar-refractivity contribution < 1.29 is 0 Å². The Morgan fingerprint density at radius 2 is 2.04 bits per heavy atom. The maximum atomic E-state index is 12.9. The minimum atomic E-state index is 0.0143. The van der Waals surface area contributed by atoms with Gasteiger partial charge in [0.25, 0.3) is 5.56 Å². The Morgan fingerprint density at radius 1 is 1.26 bits per heavy atom. The lowest BCUT2D eigenvalue weighted by atomic mass is 9.82. The minimum Gasteiger partial charge on any atom is -0.368 e. The molecule has 2 aliphatic rings. The van der Waals surface area contributed by atoms with Gasteiger partial charge in [-0.2, -0.15) is 0 Å². The van der Waals surface area contributed by atoms with Crippen LogP contribution in [0.25, 0.3) is 11.3 Å². The third-order valence-corrected chi connectivity index (χ3v) is 6.02. The highest BCUT2D eigenvalue weighted by Gasteiger charge is 2.35. The topological polar surface area (TPSA) is 77.0 Å². The average molecular weight is 388 g/mol. The molecule has 2 atom stereocenters. The number of likely N-dealkylation sites (tertiary alicyclic amines) is 1. The molecule has 0 radical (unpaired) electrons. The summed E-state index contributed by atoms with van der Waals surface area (Å²) in [7, 11) is 0. The lowest BCUT2D eigenvalue weighted by Gasteiger charge is -2.43. The second-order valence-corrected chi connectivity index (χ2v) is 8.74. The van der Waals surface area contributed by atoms with Crippen molar-refractivity contribution in [1.82, 2.24) is 19.4 Å². The molecule has 0 amide bonds. The molecule has 2 aliphatic heterocycles. The number of pyridine rings is 1. The van der Waals surface area contributed by atoms with Crippen LogP contribution in [0.4, 0.5) is 5.95 Å². The van der Waals surface area contributed by atoms with Gasteiger partial charge in [-0.15, -0.1) is 0 Å². The molecule has 2 bridgehead atoms. The van der Waals surface area contributed by atoms with Crippen LogP contribution in [0.5, 0.6) is 0 Å². The molecule has 4 rings (SSSR count). The first-order chi connectivity index (χ1) is 12.8. The molecule has 2 aromatic heterocycles. The van der Waals surface area contributed by atoms with Crippen molar-refractivity contribution >= 4 is 17.5 Å². The van der Waals surface area contributed by atoms with Gasteiger partial charge in [-0.25, -0.2) is 9.97 Å². The fourth-order valence-corrected chi connectivity index (χ4v) is 4.83. The van der Waals surface area contributed by atoms with Crippen molar-refractivity contribution in [2.45, 2.75) is 39.7 Å². The smallest absolute Gasteiger partial charge is 0.251 e. The Balaban J connectivity index is 1.77. The lowest BCUT2D eigenvalue weighted by molar-refractivity contribution is 0.109. The number of nitrogen functional groups attached to an aromatic ring is 1. The van der Waals surface area contributed by atoms with Crippen molar-refractivity contribution in [3.8, 4) is 11.3 Å². The summed E-state index contributed by atoms with van der Waals surface area (Å²) in [4.78, 5) is 23.8. The van der Waals surface area contributed by atoms with E-state index in [-0.39, 0.29) is 11.5 Å². The van der Waals surface area contributed by atoms with Crippen molar-refractivity contribution in [3.05, 3.63) is 38.9 Å². The highest BCUT2D eigenvalue weighted by molar-refractivity contribution is 6.33. The number of aromatic nitrogens is 3. The number of piperidine rings is 1. The standard InChI is InChI=1S/C20H26ClN5O/c1-11(2)7-25-8-13-4-15(10-25)16-5-14(6-17(27)26(16)9-13)19-18(21)12(3)23-20(22)24-19/h5-6,11,13,15H,4,7-10H2,1-3H3,(H2,22,23,24)/t13-,15+/m0/s1. The molecule has 27 heavy (non-hydrogen) atoms. The number of hydrogen-bond donors (Lipinski definition) is 1. The van der Waals surface area contributed by atoms with Crippen LogP contribution in [-0.4, -0.2) is 39.1 Å². The molecule has 0 spiro atoms. The van der Waals surface area contributed by atoms with Crippen molar-refractivity contribution in [2.24, 2.45) is 11.8 Å². The van der Waals surface area contributed by atoms with Gasteiger partial charge in [-0.3, -0.25) is 4.79 Å². The fourth-order valence-electron chi connectivity index (χ4n) is 4.63. The fraction of sp³-hybridized carbons (Fsp3) is 0.550. The number of rotatable bonds is 3. The summed E-state index contributed by atoms with van der Waals surface area (Å²) in [6, 6.07) is 3.71. The maximum Gasteiger partial charge on any atom is 0.251 e. The first-order valence-corrected chi connectivity index (χ1v) is 9.96. The summed E-state index contributed by atoms with van der Waals surface area (Å²) in [6.45, 7) is 10.3. The van der Waals surface area contributed by atoms with Gasteiger partial charge in [0.15, 0.2) is 0 Å². The Kier molecular flexibility index (Phi) is 4.72. The lowest BCUT2D eigenvalue weighted by Crippen LogP contribution is -2.48. The monoisotopic (exact) mass is 387 g/mol. The zero-order valence-electron chi connectivity index (χ0n) is 16.1. The van der Waals surface area contributed by atoms with E-state index in [2.05, 4.69) is 34.8 Å². The number of aryl methyl sites for hydroxylation is 1. The van der Waals surface area contributed by atoms with Crippen LogP contribution in [0.15, 0.2) is 16.9 Å². The van der Waals surface area contributed by atoms with Gasteiger partial charge in [0.2, 0.25) is 5.95 Å². The summed E-state index contributed by atoms with van der Waals surface area (Å²) in [5.74, 6) is 1.72. The van der Waals surface area contributed by atoms with Gasteiger partial charge in [0.1, 0.15) is 0 Å². The maximum absolute atomic E-state index is 12.9. The summed E-state index contributed by atoms with van der Waals surface area (Å²) < 4.78 is 1.94. The molecule has 0 saturated carbocycles. The SMILES string of the molecule is Cc1nc(N)nc(-c2cc3n(c(=O)c2)C[C@H]2C[C@@H]3CN(CC(C)C)C2)c1Cl. The Bertz CT molecular complexity index is 939. The normalized spacial score (nSPS) is 22.1. The molecule has 1 saturated heterocycles. The molecule has 144 valence electrons. The van der Waals surface area contributed by atoms with E-state index in [1.165, 1.54) is 0 Å². The van der Waals surface area contributed by atoms with Gasteiger partial charge in [0, 0.05) is 49.4 Å². The van der Waals surface area contributed by atoms with Crippen molar-refractivity contribution in [1.29, 1.82) is 0 Å². The van der Waals surface area contributed by atoms with E-state index in [9.17, 15) is 4.79 Å².